The number of furan rings is 1. The second-order valence-corrected chi connectivity index (χ2v) is 7.80. The molecular formula is C26H20N2O6. The average Bonchev–Trinajstić information content (AvgIpc) is 3.21. The van der Waals surface area contributed by atoms with Crippen molar-refractivity contribution >= 4 is 39.2 Å². The van der Waals surface area contributed by atoms with Crippen LogP contribution in [0, 0.1) is 5.21 Å². The zero-order valence-corrected chi connectivity index (χ0v) is 18.1. The summed E-state index contributed by atoms with van der Waals surface area (Å²) in [4.78, 5) is 25.4. The minimum Gasteiger partial charge on any atom is -0.595 e. The number of fused-ring (bicyclic) bond motifs is 2. The van der Waals surface area contributed by atoms with Gasteiger partial charge in [-0.15, -0.1) is 0 Å². The number of aryl methyl sites for hydroxylation is 1. The van der Waals surface area contributed by atoms with Crippen molar-refractivity contribution < 1.29 is 24.1 Å². The lowest BCUT2D eigenvalue weighted by atomic mass is 10.0. The Morgan fingerprint density at radius 2 is 1.71 bits per heavy atom. The number of carbonyl (C=O) groups is 1. The zero-order valence-electron chi connectivity index (χ0n) is 18.1. The first-order chi connectivity index (χ1) is 16.4. The molecule has 1 amide bonds. The molecular weight excluding hydrogens is 436 g/mol. The number of para-hydroxylation sites is 1. The molecule has 3 N–H and O–H groups in total. The standard InChI is InChI=1S/C26H20N2O6/c1-2-15-7-12-22-19(13-15)20(14-23(29)33-22)25-24(18-5-3-4-6-21(18)34-25)27-26(30)16-8-10-17(11-9-16)28(31)32/h3-14,28,31H,2H2,1H3,(H,27,30). The van der Waals surface area contributed by atoms with Gasteiger partial charge in [-0.05, 0) is 48.4 Å². The van der Waals surface area contributed by atoms with E-state index in [4.69, 9.17) is 14.0 Å². The summed E-state index contributed by atoms with van der Waals surface area (Å²) < 4.78 is 11.5. The van der Waals surface area contributed by atoms with Crippen LogP contribution in [0.15, 0.2) is 86.4 Å². The van der Waals surface area contributed by atoms with E-state index in [1.807, 2.05) is 37.3 Å². The molecule has 2 aromatic heterocycles. The van der Waals surface area contributed by atoms with Gasteiger partial charge in [0.15, 0.2) is 11.4 Å². The van der Waals surface area contributed by atoms with Crippen molar-refractivity contribution in [1.82, 2.24) is 0 Å². The van der Waals surface area contributed by atoms with Gasteiger partial charge in [0, 0.05) is 40.1 Å². The Labute approximate surface area is 193 Å². The van der Waals surface area contributed by atoms with Gasteiger partial charge in [0.1, 0.15) is 11.2 Å². The van der Waals surface area contributed by atoms with Crippen molar-refractivity contribution in [2.45, 2.75) is 13.3 Å². The van der Waals surface area contributed by atoms with Crippen LogP contribution in [0.1, 0.15) is 22.8 Å². The summed E-state index contributed by atoms with van der Waals surface area (Å²) in [6.45, 7) is 2.03. The summed E-state index contributed by atoms with van der Waals surface area (Å²) in [5.74, 6) is -0.103. The van der Waals surface area contributed by atoms with Crippen LogP contribution in [0.5, 0.6) is 0 Å². The fraction of sp³-hybridized carbons (Fsp3) is 0.0769. The van der Waals surface area contributed by atoms with Crippen molar-refractivity contribution in [3.63, 3.8) is 0 Å². The summed E-state index contributed by atoms with van der Waals surface area (Å²) in [7, 11) is 0. The van der Waals surface area contributed by atoms with Crippen molar-refractivity contribution in [2.75, 3.05) is 5.32 Å². The van der Waals surface area contributed by atoms with Crippen LogP contribution >= 0.6 is 0 Å². The smallest absolute Gasteiger partial charge is 0.336 e. The Kier molecular flexibility index (Phi) is 5.46. The number of hydrogen-bond acceptors (Lipinski definition) is 6. The molecule has 0 aliphatic carbocycles. The highest BCUT2D eigenvalue weighted by Crippen LogP contribution is 2.40. The third-order valence-corrected chi connectivity index (χ3v) is 5.69. The minimum atomic E-state index is -1.07. The summed E-state index contributed by atoms with van der Waals surface area (Å²) >= 11 is 0. The van der Waals surface area contributed by atoms with Crippen LogP contribution < -0.4 is 16.2 Å². The fourth-order valence-electron chi connectivity index (χ4n) is 3.93. The third-order valence-electron chi connectivity index (χ3n) is 5.69. The molecule has 3 aromatic carbocycles. The molecule has 5 rings (SSSR count). The van der Waals surface area contributed by atoms with Crippen molar-refractivity contribution in [3.8, 4) is 11.3 Å². The van der Waals surface area contributed by atoms with Crippen LogP contribution in [-0.4, -0.2) is 11.1 Å². The molecule has 0 fully saturated rings. The van der Waals surface area contributed by atoms with Crippen molar-refractivity contribution in [1.29, 1.82) is 0 Å². The number of rotatable bonds is 5. The summed E-state index contributed by atoms with van der Waals surface area (Å²) in [5.41, 5.74) is 2.78. The van der Waals surface area contributed by atoms with Gasteiger partial charge in [0.2, 0.25) is 0 Å². The first-order valence-corrected chi connectivity index (χ1v) is 10.7. The molecule has 0 aliphatic rings. The Morgan fingerprint density at radius 1 is 0.971 bits per heavy atom. The summed E-state index contributed by atoms with van der Waals surface area (Å²) in [6.07, 6.45) is 0.796. The molecule has 0 radical (unpaired) electrons. The number of quaternary nitrogens is 1. The summed E-state index contributed by atoms with van der Waals surface area (Å²) in [6, 6.07) is 19.8. The van der Waals surface area contributed by atoms with E-state index in [9.17, 15) is 14.8 Å². The Hall–Kier alpha value is -4.24. The van der Waals surface area contributed by atoms with E-state index in [1.165, 1.54) is 30.3 Å². The van der Waals surface area contributed by atoms with E-state index in [0.29, 0.717) is 38.9 Å². The average molecular weight is 456 g/mol. The highest BCUT2D eigenvalue weighted by Gasteiger charge is 2.22. The van der Waals surface area contributed by atoms with E-state index < -0.39 is 16.8 Å². The molecule has 0 saturated heterocycles. The highest BCUT2D eigenvalue weighted by molar-refractivity contribution is 6.13. The van der Waals surface area contributed by atoms with Gasteiger partial charge in [-0.25, -0.2) is 10.0 Å². The first-order valence-electron chi connectivity index (χ1n) is 10.7. The molecule has 5 aromatic rings. The Balaban J connectivity index is 1.67. The quantitative estimate of drug-likeness (QED) is 0.266. The lowest BCUT2D eigenvalue weighted by Gasteiger charge is -2.12. The SMILES string of the molecule is CCc1ccc2oc(=O)cc(-c3oc4ccccc4c3NC(=O)c3ccc([NH+]([O-])O)cc3)c2c1. The molecule has 0 bridgehead atoms. The maximum Gasteiger partial charge on any atom is 0.336 e. The highest BCUT2D eigenvalue weighted by atomic mass is 16.8. The molecule has 34 heavy (non-hydrogen) atoms. The van der Waals surface area contributed by atoms with Crippen molar-refractivity contribution in [3.05, 3.63) is 99.6 Å². The molecule has 0 spiro atoms. The van der Waals surface area contributed by atoms with E-state index in [2.05, 4.69) is 5.32 Å². The first kappa shape index (κ1) is 21.6. The van der Waals surface area contributed by atoms with Gasteiger partial charge >= 0.3 is 5.63 Å². The maximum absolute atomic E-state index is 13.1. The normalized spacial score (nSPS) is 12.2. The lowest BCUT2D eigenvalue weighted by Crippen LogP contribution is -2.99. The van der Waals surface area contributed by atoms with Crippen LogP contribution in [0.4, 0.5) is 11.4 Å². The van der Waals surface area contributed by atoms with Gasteiger partial charge < -0.3 is 19.4 Å². The molecule has 1 unspecified atom stereocenters. The summed E-state index contributed by atoms with van der Waals surface area (Å²) in [5, 5.41) is 23.4. The lowest BCUT2D eigenvalue weighted by molar-refractivity contribution is -0.991. The second kappa shape index (κ2) is 8.60. The molecule has 2 heterocycles. The number of carbonyl (C=O) groups excluding carboxylic acids is 1. The number of benzene rings is 3. The van der Waals surface area contributed by atoms with Crippen molar-refractivity contribution in [2.24, 2.45) is 0 Å². The number of hydrogen-bond donors (Lipinski definition) is 3. The van der Waals surface area contributed by atoms with E-state index in [1.54, 1.807) is 12.1 Å². The predicted molar refractivity (Wildman–Crippen MR) is 127 cm³/mol. The van der Waals surface area contributed by atoms with E-state index >= 15 is 0 Å². The predicted octanol–water partition coefficient (Wildman–Crippen LogP) is 4.42. The number of anilines is 1. The second-order valence-electron chi connectivity index (χ2n) is 7.80. The third kappa shape index (κ3) is 3.86. The minimum absolute atomic E-state index is 0.0835. The van der Waals surface area contributed by atoms with Gasteiger partial charge in [-0.1, -0.05) is 25.1 Å². The van der Waals surface area contributed by atoms with E-state index in [0.717, 1.165) is 12.0 Å². The molecule has 0 saturated carbocycles. The fourth-order valence-corrected chi connectivity index (χ4v) is 3.93. The Bertz CT molecular complexity index is 1580. The van der Waals surface area contributed by atoms with Crippen LogP contribution in [0.3, 0.4) is 0 Å². The van der Waals surface area contributed by atoms with Crippen LogP contribution in [0.25, 0.3) is 33.3 Å². The zero-order chi connectivity index (χ0) is 23.8. The van der Waals surface area contributed by atoms with Gasteiger partial charge in [0.25, 0.3) is 5.91 Å². The van der Waals surface area contributed by atoms with Gasteiger partial charge in [0.05, 0.1) is 5.69 Å². The number of amides is 1. The van der Waals surface area contributed by atoms with Crippen LogP contribution in [-0.2, 0) is 6.42 Å². The molecule has 8 nitrogen and oxygen atoms in total. The largest absolute Gasteiger partial charge is 0.595 e. The van der Waals surface area contributed by atoms with Crippen LogP contribution in [0.2, 0.25) is 0 Å². The topological polar surface area (TPSA) is 120 Å². The molecule has 8 heteroatoms. The molecule has 0 aliphatic heterocycles. The Morgan fingerprint density at radius 3 is 2.44 bits per heavy atom. The van der Waals surface area contributed by atoms with E-state index in [-0.39, 0.29) is 11.3 Å². The molecule has 1 atom stereocenters. The van der Waals surface area contributed by atoms with Gasteiger partial charge in [-0.2, -0.15) is 5.23 Å². The maximum atomic E-state index is 13.1. The molecule has 170 valence electrons. The monoisotopic (exact) mass is 456 g/mol. The van der Waals surface area contributed by atoms with Gasteiger partial charge in [-0.3, -0.25) is 4.79 Å². The number of nitrogens with one attached hydrogen (secondary N) is 2.